The van der Waals surface area contributed by atoms with E-state index in [0.717, 1.165) is 26.9 Å². The average molecular weight is 384 g/mol. The molecule has 0 bridgehead atoms. The number of hydrogen-bond acceptors (Lipinski definition) is 2. The van der Waals surface area contributed by atoms with E-state index in [9.17, 15) is 5.26 Å². The summed E-state index contributed by atoms with van der Waals surface area (Å²) in [7, 11) is 0. The molecule has 2 aromatic carbocycles. The number of rotatable bonds is 2. The van der Waals surface area contributed by atoms with Gasteiger partial charge in [-0.3, -0.25) is 0 Å². The van der Waals surface area contributed by atoms with Crippen molar-refractivity contribution in [2.75, 3.05) is 0 Å². The van der Waals surface area contributed by atoms with Crippen LogP contribution < -0.4 is 0 Å². The summed E-state index contributed by atoms with van der Waals surface area (Å²) in [5.41, 5.74) is 4.75. The van der Waals surface area contributed by atoms with Gasteiger partial charge in [0.15, 0.2) is 0 Å². The van der Waals surface area contributed by atoms with Crippen LogP contribution in [-0.2, 0) is 0 Å². The summed E-state index contributed by atoms with van der Waals surface area (Å²) >= 11 is 9.76. The highest BCUT2D eigenvalue weighted by atomic mass is 79.9. The minimum Gasteiger partial charge on any atom is -0.246 e. The van der Waals surface area contributed by atoms with Gasteiger partial charge in [0.1, 0.15) is 6.07 Å². The topological polar surface area (TPSA) is 36.7 Å². The molecule has 0 saturated carbocycles. The van der Waals surface area contributed by atoms with Crippen molar-refractivity contribution >= 4 is 27.5 Å². The van der Waals surface area contributed by atoms with Crippen LogP contribution in [0.3, 0.4) is 0 Å². The fourth-order valence-electron chi connectivity index (χ4n) is 2.44. The van der Waals surface area contributed by atoms with Crippen molar-refractivity contribution in [1.82, 2.24) is 4.98 Å². The van der Waals surface area contributed by atoms with Crippen molar-refractivity contribution in [1.29, 1.82) is 5.26 Å². The predicted octanol–water partition coefficient (Wildman–Crippen LogP) is 6.01. The van der Waals surface area contributed by atoms with E-state index in [-0.39, 0.29) is 0 Å². The molecule has 0 aliphatic rings. The Morgan fingerprint density at radius 3 is 2.43 bits per heavy atom. The SMILES string of the molecule is Cc1ccccc1-c1cc(Cl)c(C#N)c(-c2ccc(Br)cc2)n1. The highest BCUT2D eigenvalue weighted by Gasteiger charge is 2.15. The van der Waals surface area contributed by atoms with Crippen LogP contribution in [-0.4, -0.2) is 4.98 Å². The fourth-order valence-corrected chi connectivity index (χ4v) is 2.93. The van der Waals surface area contributed by atoms with Gasteiger partial charge in [-0.2, -0.15) is 5.26 Å². The van der Waals surface area contributed by atoms with Crippen LogP contribution in [0, 0.1) is 18.3 Å². The summed E-state index contributed by atoms with van der Waals surface area (Å²) in [4.78, 5) is 4.71. The van der Waals surface area contributed by atoms with E-state index in [2.05, 4.69) is 22.0 Å². The number of pyridine rings is 1. The number of aromatic nitrogens is 1. The Morgan fingerprint density at radius 1 is 1.09 bits per heavy atom. The molecule has 3 aromatic rings. The molecular formula is C19H12BrClN2. The maximum absolute atomic E-state index is 9.45. The standard InChI is InChI=1S/C19H12BrClN2/c1-12-4-2-3-5-15(12)18-10-17(21)16(11-22)19(23-18)13-6-8-14(20)9-7-13/h2-10H,1H3. The van der Waals surface area contributed by atoms with E-state index in [1.54, 1.807) is 6.07 Å². The Morgan fingerprint density at radius 2 is 1.78 bits per heavy atom. The fraction of sp³-hybridized carbons (Fsp3) is 0.0526. The Labute approximate surface area is 148 Å². The lowest BCUT2D eigenvalue weighted by molar-refractivity contribution is 1.28. The first-order valence-corrected chi connectivity index (χ1v) is 8.20. The van der Waals surface area contributed by atoms with Crippen molar-refractivity contribution in [2.45, 2.75) is 6.92 Å². The van der Waals surface area contributed by atoms with Crippen molar-refractivity contribution in [3.63, 3.8) is 0 Å². The van der Waals surface area contributed by atoms with E-state index in [0.29, 0.717) is 16.3 Å². The van der Waals surface area contributed by atoms with Gasteiger partial charge in [-0.05, 0) is 30.7 Å². The van der Waals surface area contributed by atoms with Crippen LogP contribution in [0.1, 0.15) is 11.1 Å². The summed E-state index contributed by atoms with van der Waals surface area (Å²) in [6.45, 7) is 2.03. The van der Waals surface area contributed by atoms with Crippen molar-refractivity contribution in [3.8, 4) is 28.6 Å². The third kappa shape index (κ3) is 3.14. The van der Waals surface area contributed by atoms with Crippen LogP contribution in [0.4, 0.5) is 0 Å². The molecule has 0 aliphatic heterocycles. The molecule has 4 heteroatoms. The number of benzene rings is 2. The summed E-state index contributed by atoms with van der Waals surface area (Å²) in [6.07, 6.45) is 0. The molecular weight excluding hydrogens is 372 g/mol. The monoisotopic (exact) mass is 382 g/mol. The average Bonchev–Trinajstić information content (AvgIpc) is 2.55. The molecule has 112 valence electrons. The second-order valence-electron chi connectivity index (χ2n) is 5.15. The van der Waals surface area contributed by atoms with Crippen molar-refractivity contribution in [2.24, 2.45) is 0 Å². The highest BCUT2D eigenvalue weighted by molar-refractivity contribution is 9.10. The lowest BCUT2D eigenvalue weighted by atomic mass is 10.0. The van der Waals surface area contributed by atoms with E-state index in [1.807, 2.05) is 55.5 Å². The summed E-state index contributed by atoms with van der Waals surface area (Å²) in [5.74, 6) is 0. The zero-order valence-electron chi connectivity index (χ0n) is 12.3. The maximum Gasteiger partial charge on any atom is 0.103 e. The number of aryl methyl sites for hydroxylation is 1. The first kappa shape index (κ1) is 15.7. The van der Waals surface area contributed by atoms with Crippen LogP contribution in [0.2, 0.25) is 5.02 Å². The smallest absolute Gasteiger partial charge is 0.103 e. The van der Waals surface area contributed by atoms with Crippen molar-refractivity contribution in [3.05, 3.63) is 75.2 Å². The summed E-state index contributed by atoms with van der Waals surface area (Å²) in [5, 5.41) is 9.86. The first-order valence-electron chi connectivity index (χ1n) is 7.02. The molecule has 0 atom stereocenters. The van der Waals surface area contributed by atoms with Crippen LogP contribution in [0.15, 0.2) is 59.1 Å². The molecule has 1 heterocycles. The molecule has 1 aromatic heterocycles. The normalized spacial score (nSPS) is 10.3. The largest absolute Gasteiger partial charge is 0.246 e. The Balaban J connectivity index is 2.25. The van der Waals surface area contributed by atoms with Gasteiger partial charge in [-0.25, -0.2) is 4.98 Å². The molecule has 2 nitrogen and oxygen atoms in total. The Kier molecular flexibility index (Phi) is 4.47. The molecule has 0 amide bonds. The molecule has 23 heavy (non-hydrogen) atoms. The molecule has 0 radical (unpaired) electrons. The zero-order valence-corrected chi connectivity index (χ0v) is 14.7. The van der Waals surface area contributed by atoms with Crippen molar-refractivity contribution < 1.29 is 0 Å². The molecule has 0 N–H and O–H groups in total. The van der Waals surface area contributed by atoms with E-state index in [1.165, 1.54) is 0 Å². The number of halogens is 2. The van der Waals surface area contributed by atoms with Gasteiger partial charge in [-0.15, -0.1) is 0 Å². The van der Waals surface area contributed by atoms with Gasteiger partial charge in [-0.1, -0.05) is 63.9 Å². The van der Waals surface area contributed by atoms with Gasteiger partial charge in [0.2, 0.25) is 0 Å². The number of nitriles is 1. The Hall–Kier alpha value is -2.15. The number of hydrogen-bond donors (Lipinski definition) is 0. The molecule has 0 unspecified atom stereocenters. The molecule has 3 rings (SSSR count). The minimum atomic E-state index is 0.395. The predicted molar refractivity (Wildman–Crippen MR) is 97.3 cm³/mol. The number of nitrogens with zero attached hydrogens (tertiary/aromatic N) is 2. The van der Waals surface area contributed by atoms with Gasteiger partial charge < -0.3 is 0 Å². The lowest BCUT2D eigenvalue weighted by Crippen LogP contribution is -1.95. The molecule has 0 fully saturated rings. The Bertz CT molecular complexity index is 912. The zero-order chi connectivity index (χ0) is 16.4. The quantitative estimate of drug-likeness (QED) is 0.543. The lowest BCUT2D eigenvalue weighted by Gasteiger charge is -2.11. The van der Waals surface area contributed by atoms with Crippen LogP contribution in [0.25, 0.3) is 22.5 Å². The second-order valence-corrected chi connectivity index (χ2v) is 6.47. The summed E-state index contributed by atoms with van der Waals surface area (Å²) in [6, 6.07) is 19.6. The summed E-state index contributed by atoms with van der Waals surface area (Å²) < 4.78 is 0.973. The molecule has 0 saturated heterocycles. The molecule has 0 spiro atoms. The van der Waals surface area contributed by atoms with E-state index in [4.69, 9.17) is 16.6 Å². The third-order valence-electron chi connectivity index (χ3n) is 3.62. The van der Waals surface area contributed by atoms with Crippen LogP contribution in [0.5, 0.6) is 0 Å². The maximum atomic E-state index is 9.45. The van der Waals surface area contributed by atoms with E-state index >= 15 is 0 Å². The molecule has 0 aliphatic carbocycles. The van der Waals surface area contributed by atoms with Gasteiger partial charge in [0, 0.05) is 15.6 Å². The van der Waals surface area contributed by atoms with Gasteiger partial charge >= 0.3 is 0 Å². The highest BCUT2D eigenvalue weighted by Crippen LogP contribution is 2.32. The van der Waals surface area contributed by atoms with E-state index < -0.39 is 0 Å². The van der Waals surface area contributed by atoms with Crippen LogP contribution >= 0.6 is 27.5 Å². The minimum absolute atomic E-state index is 0.395. The van der Waals surface area contributed by atoms with Gasteiger partial charge in [0.25, 0.3) is 0 Å². The second kappa shape index (κ2) is 6.54. The first-order chi connectivity index (χ1) is 11.1. The van der Waals surface area contributed by atoms with Gasteiger partial charge in [0.05, 0.1) is 22.0 Å². The third-order valence-corrected chi connectivity index (χ3v) is 4.45.